The highest BCUT2D eigenvalue weighted by Crippen LogP contribution is 2.24. The Morgan fingerprint density at radius 2 is 2.07 bits per heavy atom. The maximum atomic E-state index is 12.0. The van der Waals surface area contributed by atoms with Crippen LogP contribution in [0.4, 0.5) is 13.2 Å². The first-order valence-corrected chi connectivity index (χ1v) is 5.00. The lowest BCUT2D eigenvalue weighted by Crippen LogP contribution is -2.48. The Bertz CT molecular complexity index is 230. The van der Waals surface area contributed by atoms with Crippen molar-refractivity contribution in [2.24, 2.45) is 5.73 Å². The number of likely N-dealkylation sites (tertiary alicyclic amines) is 1. The van der Waals surface area contributed by atoms with Gasteiger partial charge in [-0.2, -0.15) is 13.2 Å². The summed E-state index contributed by atoms with van der Waals surface area (Å²) >= 11 is 0. The quantitative estimate of drug-likeness (QED) is 0.768. The van der Waals surface area contributed by atoms with Gasteiger partial charge in [0.2, 0.25) is 5.91 Å². The van der Waals surface area contributed by atoms with Gasteiger partial charge < -0.3 is 10.6 Å². The van der Waals surface area contributed by atoms with Crippen LogP contribution in [-0.4, -0.2) is 36.1 Å². The van der Waals surface area contributed by atoms with Crippen LogP contribution < -0.4 is 5.73 Å². The Morgan fingerprint density at radius 3 is 2.60 bits per heavy atom. The van der Waals surface area contributed by atoms with Crippen LogP contribution in [0.1, 0.15) is 25.7 Å². The van der Waals surface area contributed by atoms with Crippen LogP contribution in [0.25, 0.3) is 0 Å². The van der Waals surface area contributed by atoms with Gasteiger partial charge in [0.1, 0.15) is 6.42 Å². The van der Waals surface area contributed by atoms with Gasteiger partial charge in [-0.25, -0.2) is 0 Å². The lowest BCUT2D eigenvalue weighted by molar-refractivity contribution is -0.163. The van der Waals surface area contributed by atoms with Crippen molar-refractivity contribution in [3.8, 4) is 0 Å². The average molecular weight is 224 g/mol. The van der Waals surface area contributed by atoms with Crippen molar-refractivity contribution in [2.45, 2.75) is 37.9 Å². The second-order valence-corrected chi connectivity index (χ2v) is 3.76. The molecule has 0 aliphatic carbocycles. The van der Waals surface area contributed by atoms with Gasteiger partial charge in [-0.05, 0) is 19.3 Å². The summed E-state index contributed by atoms with van der Waals surface area (Å²) < 4.78 is 36.0. The number of halogens is 3. The van der Waals surface area contributed by atoms with Crippen molar-refractivity contribution >= 4 is 5.91 Å². The molecule has 0 aromatic carbocycles. The van der Waals surface area contributed by atoms with Gasteiger partial charge in [-0.15, -0.1) is 0 Å². The number of carbonyl (C=O) groups is 1. The number of piperidine rings is 1. The molecule has 0 bridgehead atoms. The van der Waals surface area contributed by atoms with Crippen molar-refractivity contribution in [1.82, 2.24) is 4.90 Å². The van der Waals surface area contributed by atoms with E-state index >= 15 is 0 Å². The molecule has 1 aliphatic heterocycles. The Morgan fingerprint density at radius 1 is 1.40 bits per heavy atom. The van der Waals surface area contributed by atoms with Crippen LogP contribution >= 0.6 is 0 Å². The van der Waals surface area contributed by atoms with E-state index in [4.69, 9.17) is 5.73 Å². The Labute approximate surface area is 86.4 Å². The summed E-state index contributed by atoms with van der Waals surface area (Å²) in [7, 11) is 0. The molecule has 0 aromatic rings. The smallest absolute Gasteiger partial charge is 0.338 e. The standard InChI is InChI=1S/C9H15F3N2O/c10-9(11,12)5-8(15)14-4-2-1-3-7(14)6-13/h7H,1-6,13H2. The molecular formula is C9H15F3N2O. The molecule has 2 N–H and O–H groups in total. The highest BCUT2D eigenvalue weighted by atomic mass is 19.4. The molecule has 1 fully saturated rings. The first-order valence-electron chi connectivity index (χ1n) is 5.00. The van der Waals surface area contributed by atoms with Gasteiger partial charge in [0.25, 0.3) is 0 Å². The molecule has 3 nitrogen and oxygen atoms in total. The predicted molar refractivity (Wildman–Crippen MR) is 49.1 cm³/mol. The van der Waals surface area contributed by atoms with Crippen LogP contribution in [0, 0.1) is 0 Å². The topological polar surface area (TPSA) is 46.3 Å². The zero-order valence-electron chi connectivity index (χ0n) is 8.39. The van der Waals surface area contributed by atoms with Crippen LogP contribution in [0.3, 0.4) is 0 Å². The van der Waals surface area contributed by atoms with E-state index in [1.165, 1.54) is 4.90 Å². The lowest BCUT2D eigenvalue weighted by atomic mass is 10.0. The molecular weight excluding hydrogens is 209 g/mol. The summed E-state index contributed by atoms with van der Waals surface area (Å²) in [6, 6.07) is -0.214. The minimum absolute atomic E-state index is 0.214. The van der Waals surface area contributed by atoms with E-state index in [-0.39, 0.29) is 12.6 Å². The van der Waals surface area contributed by atoms with E-state index in [1.807, 2.05) is 0 Å². The molecule has 88 valence electrons. The lowest BCUT2D eigenvalue weighted by Gasteiger charge is -2.35. The van der Waals surface area contributed by atoms with Gasteiger partial charge in [0.15, 0.2) is 0 Å². The fourth-order valence-electron chi connectivity index (χ4n) is 1.85. The second kappa shape index (κ2) is 4.83. The number of carbonyl (C=O) groups excluding carboxylic acids is 1. The van der Waals surface area contributed by atoms with E-state index < -0.39 is 18.5 Å². The molecule has 0 spiro atoms. The third kappa shape index (κ3) is 3.70. The van der Waals surface area contributed by atoms with E-state index in [0.717, 1.165) is 12.8 Å². The number of rotatable bonds is 2. The third-order valence-electron chi connectivity index (χ3n) is 2.57. The predicted octanol–water partition coefficient (Wildman–Crippen LogP) is 1.28. The van der Waals surface area contributed by atoms with Gasteiger partial charge in [-0.1, -0.05) is 0 Å². The highest BCUT2D eigenvalue weighted by molar-refractivity contribution is 5.77. The third-order valence-corrected chi connectivity index (χ3v) is 2.57. The van der Waals surface area contributed by atoms with E-state index in [0.29, 0.717) is 13.0 Å². The highest BCUT2D eigenvalue weighted by Gasteiger charge is 2.35. The molecule has 1 unspecified atom stereocenters. The van der Waals surface area contributed by atoms with E-state index in [1.54, 1.807) is 0 Å². The van der Waals surface area contributed by atoms with Crippen LogP contribution in [0.2, 0.25) is 0 Å². The zero-order chi connectivity index (χ0) is 11.5. The molecule has 6 heteroatoms. The van der Waals surface area contributed by atoms with Crippen molar-refractivity contribution in [3.05, 3.63) is 0 Å². The zero-order valence-corrected chi connectivity index (χ0v) is 8.39. The van der Waals surface area contributed by atoms with Crippen LogP contribution in [0.15, 0.2) is 0 Å². The summed E-state index contributed by atoms with van der Waals surface area (Å²) in [4.78, 5) is 12.6. The van der Waals surface area contributed by atoms with E-state index in [9.17, 15) is 18.0 Å². The summed E-state index contributed by atoms with van der Waals surface area (Å²) in [6.45, 7) is 0.639. The van der Waals surface area contributed by atoms with Crippen molar-refractivity contribution in [1.29, 1.82) is 0 Å². The van der Waals surface area contributed by atoms with Gasteiger partial charge in [0.05, 0.1) is 0 Å². The SMILES string of the molecule is NCC1CCCCN1C(=O)CC(F)(F)F. The fourth-order valence-corrected chi connectivity index (χ4v) is 1.85. The molecule has 0 radical (unpaired) electrons. The number of hydrogen-bond acceptors (Lipinski definition) is 2. The Kier molecular flexibility index (Phi) is 3.96. The fraction of sp³-hybridized carbons (Fsp3) is 0.889. The van der Waals surface area contributed by atoms with Crippen molar-refractivity contribution < 1.29 is 18.0 Å². The minimum atomic E-state index is -4.42. The van der Waals surface area contributed by atoms with Gasteiger partial charge >= 0.3 is 6.18 Å². The molecule has 1 atom stereocenters. The monoisotopic (exact) mass is 224 g/mol. The minimum Gasteiger partial charge on any atom is -0.338 e. The Hall–Kier alpha value is -0.780. The number of hydrogen-bond donors (Lipinski definition) is 1. The maximum absolute atomic E-state index is 12.0. The van der Waals surface area contributed by atoms with Crippen LogP contribution in [-0.2, 0) is 4.79 Å². The summed E-state index contributed by atoms with van der Waals surface area (Å²) in [5, 5.41) is 0. The van der Waals surface area contributed by atoms with Crippen LogP contribution in [0.5, 0.6) is 0 Å². The van der Waals surface area contributed by atoms with Gasteiger partial charge in [-0.3, -0.25) is 4.79 Å². The molecule has 0 aromatic heterocycles. The summed E-state index contributed by atoms with van der Waals surface area (Å²) in [5.41, 5.74) is 5.42. The first-order chi connectivity index (χ1) is 6.94. The van der Waals surface area contributed by atoms with Crippen molar-refractivity contribution in [2.75, 3.05) is 13.1 Å². The molecule has 1 amide bonds. The summed E-state index contributed by atoms with van der Waals surface area (Å²) in [5.74, 6) is -0.849. The molecule has 1 saturated heterocycles. The molecule has 1 heterocycles. The number of nitrogens with two attached hydrogens (primary N) is 1. The molecule has 1 aliphatic rings. The number of nitrogens with zero attached hydrogens (tertiary/aromatic N) is 1. The molecule has 15 heavy (non-hydrogen) atoms. The first kappa shape index (κ1) is 12.3. The maximum Gasteiger partial charge on any atom is 0.397 e. The normalized spacial score (nSPS) is 22.9. The molecule has 1 rings (SSSR count). The number of alkyl halides is 3. The van der Waals surface area contributed by atoms with Crippen molar-refractivity contribution in [3.63, 3.8) is 0 Å². The van der Waals surface area contributed by atoms with E-state index in [2.05, 4.69) is 0 Å². The Balaban J connectivity index is 2.56. The summed E-state index contributed by atoms with van der Waals surface area (Å²) in [6.07, 6.45) is -3.39. The second-order valence-electron chi connectivity index (χ2n) is 3.76. The molecule has 0 saturated carbocycles. The average Bonchev–Trinajstić information content (AvgIpc) is 2.15. The largest absolute Gasteiger partial charge is 0.397 e. The number of amides is 1. The van der Waals surface area contributed by atoms with Gasteiger partial charge in [0, 0.05) is 19.1 Å².